The Morgan fingerprint density at radius 1 is 0.952 bits per heavy atom. The van der Waals surface area contributed by atoms with E-state index < -0.39 is 17.7 Å². The Labute approximate surface area is 238 Å². The molecule has 4 fully saturated rings. The van der Waals surface area contributed by atoms with Crippen LogP contribution in [0, 0.1) is 0 Å². The van der Waals surface area contributed by atoms with Crippen LogP contribution in [-0.4, -0.2) is 32.0 Å². The number of hydrogen-bond donors (Lipinski definition) is 1. The van der Waals surface area contributed by atoms with Crippen LogP contribution in [-0.2, 0) is 22.9 Å². The summed E-state index contributed by atoms with van der Waals surface area (Å²) in [5.74, 6) is 0.793. The Morgan fingerprint density at radius 2 is 1.64 bits per heavy atom. The molecule has 2 aromatic heterocycles. The van der Waals surface area contributed by atoms with Gasteiger partial charge in [0, 0.05) is 28.0 Å². The largest absolute Gasteiger partial charge is 0.478 e. The average molecular weight is 580 g/mol. The highest BCUT2D eigenvalue weighted by Gasteiger charge is 2.52. The Hall–Kier alpha value is -3.99. The molecule has 8 rings (SSSR count). The number of hydrogen-bond acceptors (Lipinski definition) is 7. The number of carboxylic acids is 1. The van der Waals surface area contributed by atoms with E-state index in [0.29, 0.717) is 28.6 Å². The van der Waals surface area contributed by atoms with Gasteiger partial charge in [0.15, 0.2) is 5.82 Å². The number of alkyl halides is 3. The molecule has 2 aromatic carbocycles. The van der Waals surface area contributed by atoms with E-state index in [1.165, 1.54) is 24.3 Å². The first-order valence-electron chi connectivity index (χ1n) is 14.1. The van der Waals surface area contributed by atoms with Crippen molar-refractivity contribution in [3.63, 3.8) is 0 Å². The second kappa shape index (κ2) is 9.79. The molecule has 2 heterocycles. The van der Waals surface area contributed by atoms with Gasteiger partial charge in [0.05, 0.1) is 23.3 Å². The molecule has 4 aromatic rings. The highest BCUT2D eigenvalue weighted by atomic mass is 19.4. The number of carbonyl (C=O) groups is 1. The lowest BCUT2D eigenvalue weighted by Crippen LogP contribution is -2.50. The third-order valence-corrected chi connectivity index (χ3v) is 9.23. The highest BCUT2D eigenvalue weighted by Crippen LogP contribution is 2.55. The molecule has 8 nitrogen and oxygen atoms in total. The van der Waals surface area contributed by atoms with Crippen molar-refractivity contribution in [2.45, 2.75) is 81.1 Å². The molecule has 2 bridgehead atoms. The first-order chi connectivity index (χ1) is 20.2. The third kappa shape index (κ3) is 4.69. The quantitative estimate of drug-likeness (QED) is 0.228. The summed E-state index contributed by atoms with van der Waals surface area (Å²) in [7, 11) is 0. The van der Waals surface area contributed by atoms with E-state index in [1.54, 1.807) is 18.2 Å². The number of fused-ring (bicyclic) bond motifs is 3. The van der Waals surface area contributed by atoms with Crippen molar-refractivity contribution in [2.75, 3.05) is 0 Å². The zero-order valence-corrected chi connectivity index (χ0v) is 22.6. The lowest BCUT2D eigenvalue weighted by Gasteiger charge is -2.51. The summed E-state index contributed by atoms with van der Waals surface area (Å²) in [5.41, 5.74) is 0.301. The van der Waals surface area contributed by atoms with Crippen LogP contribution in [0.2, 0.25) is 0 Å². The van der Waals surface area contributed by atoms with Crippen molar-refractivity contribution in [2.24, 2.45) is 0 Å². The minimum Gasteiger partial charge on any atom is -0.478 e. The molecular formula is C31H28F3N3O5. The molecule has 0 radical (unpaired) electrons. The van der Waals surface area contributed by atoms with Gasteiger partial charge in [0.2, 0.25) is 0 Å². The lowest BCUT2D eigenvalue weighted by molar-refractivity contribution is -0.137. The maximum Gasteiger partial charge on any atom is 0.417 e. The van der Waals surface area contributed by atoms with Gasteiger partial charge in [0.1, 0.15) is 11.5 Å². The minimum atomic E-state index is -4.51. The number of carboxylic acid groups (broad SMARTS) is 1. The molecule has 0 spiro atoms. The molecule has 1 N–H and O–H groups in total. The van der Waals surface area contributed by atoms with E-state index >= 15 is 0 Å². The molecule has 0 amide bonds. The normalized spacial score (nSPS) is 23.8. The van der Waals surface area contributed by atoms with Crippen molar-refractivity contribution >= 4 is 5.97 Å². The maximum atomic E-state index is 13.8. The second-order valence-electron chi connectivity index (χ2n) is 11.7. The smallest absolute Gasteiger partial charge is 0.417 e. The summed E-state index contributed by atoms with van der Waals surface area (Å²) in [4.78, 5) is 15.8. The van der Waals surface area contributed by atoms with Gasteiger partial charge in [-0.25, -0.2) is 4.79 Å². The fourth-order valence-corrected chi connectivity index (χ4v) is 6.52. The van der Waals surface area contributed by atoms with Crippen molar-refractivity contribution in [1.82, 2.24) is 15.3 Å². The van der Waals surface area contributed by atoms with Gasteiger partial charge in [0.25, 0.3) is 5.89 Å². The standard InChI is InChI=1S/C31H28F3N3O5/c32-31(33,34)23-4-2-1-3-21(23)24-22(25(41-36-24)18-5-6-18)17-40-30-14-11-29(12-15-30,13-16-30)28-35-26(42-37-28)19-7-9-20(10-8-19)27(38)39/h1-4,7-10,18H,5-6,11-17H2,(H,38,39). The van der Waals surface area contributed by atoms with E-state index in [2.05, 4.69) is 15.3 Å². The van der Waals surface area contributed by atoms with E-state index in [1.807, 2.05) is 0 Å². The van der Waals surface area contributed by atoms with Crippen LogP contribution in [0.15, 0.2) is 57.6 Å². The Balaban J connectivity index is 1.08. The Morgan fingerprint density at radius 3 is 2.29 bits per heavy atom. The zero-order valence-electron chi connectivity index (χ0n) is 22.6. The van der Waals surface area contributed by atoms with Crippen LogP contribution < -0.4 is 0 Å². The number of halogens is 3. The van der Waals surface area contributed by atoms with Gasteiger partial charge in [-0.2, -0.15) is 18.2 Å². The van der Waals surface area contributed by atoms with Crippen molar-refractivity contribution in [3.05, 3.63) is 76.8 Å². The molecule has 4 aliphatic rings. The van der Waals surface area contributed by atoms with Gasteiger partial charge in [-0.1, -0.05) is 28.5 Å². The molecule has 4 aliphatic carbocycles. The number of aromatic nitrogens is 3. The average Bonchev–Trinajstić information content (AvgIpc) is 3.55. The first kappa shape index (κ1) is 26.9. The molecular weight excluding hydrogens is 551 g/mol. The number of ether oxygens (including phenoxy) is 1. The summed E-state index contributed by atoms with van der Waals surface area (Å²) < 4.78 is 59.3. The topological polar surface area (TPSA) is 111 Å². The summed E-state index contributed by atoms with van der Waals surface area (Å²) >= 11 is 0. The van der Waals surface area contributed by atoms with Crippen LogP contribution in [0.1, 0.15) is 90.4 Å². The molecule has 0 atom stereocenters. The Kier molecular flexibility index (Phi) is 6.27. The number of nitrogens with zero attached hydrogens (tertiary/aromatic N) is 3. The van der Waals surface area contributed by atoms with E-state index in [0.717, 1.165) is 57.4 Å². The van der Waals surface area contributed by atoms with E-state index in [9.17, 15) is 18.0 Å². The van der Waals surface area contributed by atoms with E-state index in [-0.39, 0.29) is 40.4 Å². The van der Waals surface area contributed by atoms with Crippen molar-refractivity contribution < 1.29 is 36.9 Å². The second-order valence-corrected chi connectivity index (χ2v) is 11.7. The van der Waals surface area contributed by atoms with Gasteiger partial charge in [-0.05, 0) is 81.7 Å². The molecule has 0 unspecified atom stereocenters. The molecule has 218 valence electrons. The fraction of sp³-hybridized carbons (Fsp3) is 0.419. The van der Waals surface area contributed by atoms with Crippen LogP contribution in [0.3, 0.4) is 0 Å². The molecule has 4 saturated carbocycles. The highest BCUT2D eigenvalue weighted by molar-refractivity contribution is 5.88. The Bertz CT molecular complexity index is 1610. The lowest BCUT2D eigenvalue weighted by atomic mass is 9.58. The molecule has 0 aliphatic heterocycles. The minimum absolute atomic E-state index is 0.00793. The predicted molar refractivity (Wildman–Crippen MR) is 143 cm³/mol. The monoisotopic (exact) mass is 579 g/mol. The number of benzene rings is 2. The fourth-order valence-electron chi connectivity index (χ4n) is 6.52. The van der Waals surface area contributed by atoms with Crippen LogP contribution >= 0.6 is 0 Å². The van der Waals surface area contributed by atoms with Gasteiger partial charge < -0.3 is 18.9 Å². The summed E-state index contributed by atoms with van der Waals surface area (Å²) in [6, 6.07) is 11.8. The first-order valence-corrected chi connectivity index (χ1v) is 14.1. The molecule has 0 saturated heterocycles. The summed E-state index contributed by atoms with van der Waals surface area (Å²) in [5, 5.41) is 17.6. The molecule has 11 heteroatoms. The zero-order chi connectivity index (χ0) is 29.1. The van der Waals surface area contributed by atoms with Crippen molar-refractivity contribution in [1.29, 1.82) is 0 Å². The predicted octanol–water partition coefficient (Wildman–Crippen LogP) is 7.55. The number of aromatic carboxylic acids is 1. The van der Waals surface area contributed by atoms with Gasteiger partial charge >= 0.3 is 12.1 Å². The van der Waals surface area contributed by atoms with E-state index in [4.69, 9.17) is 18.9 Å². The van der Waals surface area contributed by atoms with Crippen LogP contribution in [0.4, 0.5) is 13.2 Å². The summed E-state index contributed by atoms with van der Waals surface area (Å²) in [6.07, 6.45) is 2.03. The number of rotatable bonds is 8. The van der Waals surface area contributed by atoms with Gasteiger partial charge in [-0.3, -0.25) is 0 Å². The SMILES string of the molecule is O=C(O)c1ccc(-c2nc(C34CCC(OCc5c(-c6ccccc6C(F)(F)F)noc5C5CC5)(CC3)CC4)no2)cc1. The summed E-state index contributed by atoms with van der Waals surface area (Å²) in [6.45, 7) is 0.141. The third-order valence-electron chi connectivity index (χ3n) is 9.23. The maximum absolute atomic E-state index is 13.8. The molecule has 42 heavy (non-hydrogen) atoms. The van der Waals surface area contributed by atoms with Crippen LogP contribution in [0.25, 0.3) is 22.7 Å². The van der Waals surface area contributed by atoms with Crippen molar-refractivity contribution in [3.8, 4) is 22.7 Å². The van der Waals surface area contributed by atoms with Crippen LogP contribution in [0.5, 0.6) is 0 Å². The van der Waals surface area contributed by atoms with Gasteiger partial charge in [-0.15, -0.1) is 0 Å².